The summed E-state index contributed by atoms with van der Waals surface area (Å²) in [7, 11) is 0. The predicted molar refractivity (Wildman–Crippen MR) is 93.3 cm³/mol. The molecule has 3 nitrogen and oxygen atoms in total. The molecule has 0 fully saturated rings. The van der Waals surface area contributed by atoms with Crippen molar-refractivity contribution in [3.8, 4) is 0 Å². The van der Waals surface area contributed by atoms with Gasteiger partial charge in [0, 0.05) is 23.7 Å². The molecular formula is C15H19ClN2OS2. The topological polar surface area (TPSA) is 34.4 Å². The van der Waals surface area contributed by atoms with E-state index in [1.807, 2.05) is 18.2 Å². The molecule has 2 rings (SSSR count). The second-order valence-electron chi connectivity index (χ2n) is 4.75. The smallest absolute Gasteiger partial charge is 0.248 e. The molecule has 114 valence electrons. The summed E-state index contributed by atoms with van der Waals surface area (Å²) in [6.07, 6.45) is 4.50. The van der Waals surface area contributed by atoms with Crippen LogP contribution < -0.4 is 4.80 Å². The van der Waals surface area contributed by atoms with Crippen LogP contribution >= 0.6 is 34.7 Å². The Morgan fingerprint density at radius 2 is 2.29 bits per heavy atom. The fraction of sp³-hybridized carbons (Fsp3) is 0.467. The number of unbranched alkanes of at least 4 members (excludes halogenated alkanes) is 1. The van der Waals surface area contributed by atoms with Crippen LogP contribution in [0.5, 0.6) is 0 Å². The van der Waals surface area contributed by atoms with Gasteiger partial charge >= 0.3 is 0 Å². The van der Waals surface area contributed by atoms with Crippen LogP contribution in [0.1, 0.15) is 26.2 Å². The van der Waals surface area contributed by atoms with Crippen molar-refractivity contribution in [2.45, 2.75) is 32.7 Å². The first-order chi connectivity index (χ1) is 10.2. The van der Waals surface area contributed by atoms with Crippen molar-refractivity contribution in [2.75, 3.05) is 12.0 Å². The first-order valence-electron chi connectivity index (χ1n) is 7.01. The van der Waals surface area contributed by atoms with Crippen LogP contribution in [0.25, 0.3) is 10.2 Å². The molecule has 1 amide bonds. The van der Waals surface area contributed by atoms with Gasteiger partial charge < -0.3 is 4.57 Å². The zero-order chi connectivity index (χ0) is 15.2. The zero-order valence-electron chi connectivity index (χ0n) is 12.3. The summed E-state index contributed by atoms with van der Waals surface area (Å²) in [6, 6.07) is 5.82. The maximum Gasteiger partial charge on any atom is 0.248 e. The lowest BCUT2D eigenvalue weighted by Crippen LogP contribution is -2.18. The lowest BCUT2D eigenvalue weighted by Gasteiger charge is -2.03. The third-order valence-electron chi connectivity index (χ3n) is 3.13. The largest absolute Gasteiger partial charge is 0.316 e. The number of carbonyl (C=O) groups excluding carboxylic acids is 1. The minimum atomic E-state index is -0.0348. The fourth-order valence-electron chi connectivity index (χ4n) is 2.02. The van der Waals surface area contributed by atoms with Gasteiger partial charge in [-0.25, -0.2) is 0 Å². The first-order valence-corrected chi connectivity index (χ1v) is 9.60. The van der Waals surface area contributed by atoms with Crippen LogP contribution in [-0.4, -0.2) is 22.5 Å². The van der Waals surface area contributed by atoms with Gasteiger partial charge in [-0.2, -0.15) is 16.8 Å². The number of aromatic nitrogens is 1. The van der Waals surface area contributed by atoms with E-state index in [1.54, 1.807) is 11.8 Å². The average Bonchev–Trinajstić information content (AvgIpc) is 2.79. The van der Waals surface area contributed by atoms with Crippen LogP contribution in [-0.2, 0) is 11.3 Å². The third-order valence-corrected chi connectivity index (χ3v) is 5.00. The number of benzene rings is 1. The second kappa shape index (κ2) is 8.01. The number of amides is 1. The summed E-state index contributed by atoms with van der Waals surface area (Å²) in [5, 5.41) is 0.713. The van der Waals surface area contributed by atoms with Gasteiger partial charge in [0.1, 0.15) is 0 Å². The molecule has 0 unspecified atom stereocenters. The summed E-state index contributed by atoms with van der Waals surface area (Å²) in [6.45, 7) is 2.93. The standard InChI is InChI=1S/C15H19ClN2OS2/c1-3-4-5-14(19)17-15-18(8-9-20-2)12-7-6-11(16)10-13(12)21-15/h6-7,10H,3-5,8-9H2,1-2H3. The Morgan fingerprint density at radius 1 is 1.48 bits per heavy atom. The molecule has 0 N–H and O–H groups in total. The van der Waals surface area contributed by atoms with Crippen molar-refractivity contribution in [3.05, 3.63) is 28.0 Å². The number of rotatable bonds is 6. The van der Waals surface area contributed by atoms with Crippen LogP contribution in [0.2, 0.25) is 5.02 Å². The normalized spacial score (nSPS) is 12.2. The Bertz CT molecular complexity index is 691. The Morgan fingerprint density at radius 3 is 3.00 bits per heavy atom. The van der Waals surface area contributed by atoms with E-state index in [1.165, 1.54) is 11.3 Å². The summed E-state index contributed by atoms with van der Waals surface area (Å²) in [4.78, 5) is 17.0. The maximum atomic E-state index is 11.9. The first kappa shape index (κ1) is 16.6. The molecule has 0 aliphatic carbocycles. The minimum Gasteiger partial charge on any atom is -0.316 e. The summed E-state index contributed by atoms with van der Waals surface area (Å²) < 4.78 is 3.20. The number of aryl methyl sites for hydroxylation is 1. The summed E-state index contributed by atoms with van der Waals surface area (Å²) in [5.41, 5.74) is 1.10. The number of nitrogens with zero attached hydrogens (tertiary/aromatic N) is 2. The van der Waals surface area contributed by atoms with Crippen molar-refractivity contribution in [3.63, 3.8) is 0 Å². The van der Waals surface area contributed by atoms with Crippen molar-refractivity contribution in [1.82, 2.24) is 4.57 Å². The Balaban J connectivity index is 2.45. The van der Waals surface area contributed by atoms with E-state index in [9.17, 15) is 4.79 Å². The van der Waals surface area contributed by atoms with E-state index in [-0.39, 0.29) is 5.91 Å². The molecule has 0 radical (unpaired) electrons. The molecular weight excluding hydrogens is 324 g/mol. The highest BCUT2D eigenvalue weighted by Gasteiger charge is 2.08. The van der Waals surface area contributed by atoms with Crippen LogP contribution in [0.4, 0.5) is 0 Å². The van der Waals surface area contributed by atoms with Gasteiger partial charge in [-0.05, 0) is 30.9 Å². The lowest BCUT2D eigenvalue weighted by atomic mass is 10.2. The number of thioether (sulfide) groups is 1. The van der Waals surface area contributed by atoms with E-state index in [0.717, 1.165) is 40.2 Å². The molecule has 2 aromatic rings. The number of hydrogen-bond acceptors (Lipinski definition) is 3. The molecule has 0 saturated heterocycles. The van der Waals surface area contributed by atoms with Gasteiger partial charge in [0.05, 0.1) is 10.2 Å². The van der Waals surface area contributed by atoms with Crippen molar-refractivity contribution in [1.29, 1.82) is 0 Å². The molecule has 0 atom stereocenters. The zero-order valence-corrected chi connectivity index (χ0v) is 14.7. The Kier molecular flexibility index (Phi) is 6.33. The van der Waals surface area contributed by atoms with Gasteiger partial charge in [0.25, 0.3) is 0 Å². The molecule has 21 heavy (non-hydrogen) atoms. The summed E-state index contributed by atoms with van der Waals surface area (Å²) >= 11 is 9.37. The molecule has 1 aromatic carbocycles. The van der Waals surface area contributed by atoms with E-state index in [4.69, 9.17) is 11.6 Å². The molecule has 6 heteroatoms. The highest BCUT2D eigenvalue weighted by Crippen LogP contribution is 2.22. The summed E-state index contributed by atoms with van der Waals surface area (Å²) in [5.74, 6) is 0.956. The number of hydrogen-bond donors (Lipinski definition) is 0. The molecule has 1 aromatic heterocycles. The molecule has 0 bridgehead atoms. The molecule has 0 saturated carbocycles. The van der Waals surface area contributed by atoms with E-state index in [0.29, 0.717) is 11.4 Å². The van der Waals surface area contributed by atoms with E-state index >= 15 is 0 Å². The highest BCUT2D eigenvalue weighted by atomic mass is 35.5. The quantitative estimate of drug-likeness (QED) is 0.782. The van der Waals surface area contributed by atoms with Crippen LogP contribution in [0.15, 0.2) is 23.2 Å². The van der Waals surface area contributed by atoms with Gasteiger partial charge in [-0.3, -0.25) is 4.79 Å². The number of thiazole rings is 1. The highest BCUT2D eigenvalue weighted by molar-refractivity contribution is 7.98. The predicted octanol–water partition coefficient (Wildman–Crippen LogP) is 4.34. The van der Waals surface area contributed by atoms with Crippen LogP contribution in [0.3, 0.4) is 0 Å². The maximum absolute atomic E-state index is 11.9. The van der Waals surface area contributed by atoms with Gasteiger partial charge in [0.15, 0.2) is 4.80 Å². The molecule has 1 heterocycles. The minimum absolute atomic E-state index is 0.0348. The molecule has 0 spiro atoms. The molecule has 0 aliphatic rings. The Hall–Kier alpha value is -0.780. The van der Waals surface area contributed by atoms with E-state index < -0.39 is 0 Å². The van der Waals surface area contributed by atoms with Crippen molar-refractivity contribution < 1.29 is 4.79 Å². The lowest BCUT2D eigenvalue weighted by molar-refractivity contribution is -0.118. The van der Waals surface area contributed by atoms with E-state index in [2.05, 4.69) is 22.7 Å². The number of fused-ring (bicyclic) bond motifs is 1. The van der Waals surface area contributed by atoms with Gasteiger partial charge in [0.2, 0.25) is 5.91 Å². The second-order valence-corrected chi connectivity index (χ2v) is 7.18. The number of carbonyl (C=O) groups is 1. The van der Waals surface area contributed by atoms with Gasteiger partial charge in [-0.15, -0.1) is 0 Å². The fourth-order valence-corrected chi connectivity index (χ4v) is 3.74. The third kappa shape index (κ3) is 4.34. The Labute approximate surface area is 138 Å². The number of halogens is 1. The van der Waals surface area contributed by atoms with Crippen molar-refractivity contribution in [2.24, 2.45) is 4.99 Å². The monoisotopic (exact) mass is 342 g/mol. The molecule has 0 aliphatic heterocycles. The SMILES string of the molecule is CCCCC(=O)N=c1sc2cc(Cl)ccc2n1CCSC. The average molecular weight is 343 g/mol. The van der Waals surface area contributed by atoms with Gasteiger partial charge in [-0.1, -0.05) is 36.3 Å². The van der Waals surface area contributed by atoms with Crippen LogP contribution in [0, 0.1) is 0 Å². The van der Waals surface area contributed by atoms with Crippen molar-refractivity contribution >= 4 is 50.8 Å².